The van der Waals surface area contributed by atoms with Gasteiger partial charge >= 0.3 is 0 Å². The highest BCUT2D eigenvalue weighted by molar-refractivity contribution is 5.77. The van der Waals surface area contributed by atoms with Gasteiger partial charge in [-0.05, 0) is 61.8 Å². The van der Waals surface area contributed by atoms with E-state index in [2.05, 4.69) is 22.4 Å². The van der Waals surface area contributed by atoms with E-state index in [4.69, 9.17) is 5.26 Å². The highest BCUT2D eigenvalue weighted by Crippen LogP contribution is 2.29. The number of hydrogen-bond donors (Lipinski definition) is 2. The van der Waals surface area contributed by atoms with Crippen molar-refractivity contribution in [2.45, 2.75) is 52.0 Å². The number of H-pyrrole nitrogens is 1. The van der Waals surface area contributed by atoms with Gasteiger partial charge in [0.25, 0.3) is 5.56 Å². The molecule has 2 aromatic rings. The summed E-state index contributed by atoms with van der Waals surface area (Å²) in [6.07, 6.45) is 3.93. The van der Waals surface area contributed by atoms with Crippen LogP contribution in [0.2, 0.25) is 0 Å². The number of carbonyl (C=O) groups is 1. The molecule has 0 aliphatic heterocycles. The number of fused-ring (bicyclic) bond motifs is 1. The van der Waals surface area contributed by atoms with Crippen LogP contribution in [0.25, 0.3) is 0 Å². The molecule has 26 heavy (non-hydrogen) atoms. The number of pyridine rings is 1. The predicted octanol–water partition coefficient (Wildman–Crippen LogP) is 2.99. The number of rotatable bonds is 4. The van der Waals surface area contributed by atoms with Crippen LogP contribution in [-0.2, 0) is 17.6 Å². The van der Waals surface area contributed by atoms with Crippen LogP contribution in [-0.4, -0.2) is 10.9 Å². The molecule has 1 heterocycles. The third-order valence-corrected chi connectivity index (χ3v) is 5.23. The Kier molecular flexibility index (Phi) is 5.22. The summed E-state index contributed by atoms with van der Waals surface area (Å²) >= 11 is 0. The van der Waals surface area contributed by atoms with Gasteiger partial charge in [0, 0.05) is 12.1 Å². The molecule has 1 amide bonds. The summed E-state index contributed by atoms with van der Waals surface area (Å²) in [5, 5.41) is 12.3. The highest BCUT2D eigenvalue weighted by atomic mass is 16.1. The minimum absolute atomic E-state index is 0.00443. The molecule has 1 atom stereocenters. The van der Waals surface area contributed by atoms with E-state index < -0.39 is 0 Å². The highest BCUT2D eigenvalue weighted by Gasteiger charge is 2.21. The molecule has 0 bridgehead atoms. The van der Waals surface area contributed by atoms with Crippen molar-refractivity contribution in [3.63, 3.8) is 0 Å². The number of nitrogens with one attached hydrogen (secondary N) is 2. The van der Waals surface area contributed by atoms with Crippen LogP contribution in [0.15, 0.2) is 29.1 Å². The molecular weight excluding hydrogens is 326 g/mol. The Balaban J connectivity index is 1.70. The van der Waals surface area contributed by atoms with Gasteiger partial charge in [0.05, 0.1) is 6.04 Å². The van der Waals surface area contributed by atoms with E-state index in [1.165, 1.54) is 11.1 Å². The molecular formula is C21H23N3O2. The maximum absolute atomic E-state index is 12.5. The summed E-state index contributed by atoms with van der Waals surface area (Å²) in [5.41, 5.74) is 4.57. The number of aryl methyl sites for hydroxylation is 2. The van der Waals surface area contributed by atoms with E-state index in [0.717, 1.165) is 30.5 Å². The minimum Gasteiger partial charge on any atom is -0.349 e. The standard InChI is InChI=1S/C21H23N3O2/c1-13-16(14(2)23-21(26)18(13)12-22)10-11-20(25)24-19-9-5-7-15-6-3-4-8-17(15)19/h3-4,6,8,19H,5,7,9-11H2,1-2H3,(H,23,26)(H,24,25)/t19-/m1/s1. The SMILES string of the molecule is Cc1[nH]c(=O)c(C#N)c(C)c1CCC(=O)N[C@@H]1CCCc2ccccc21. The molecule has 0 saturated heterocycles. The number of benzene rings is 1. The van der Waals surface area contributed by atoms with Crippen molar-refractivity contribution in [2.24, 2.45) is 0 Å². The van der Waals surface area contributed by atoms with Gasteiger partial charge in [0.2, 0.25) is 5.91 Å². The largest absolute Gasteiger partial charge is 0.349 e. The lowest BCUT2D eigenvalue weighted by atomic mass is 9.87. The van der Waals surface area contributed by atoms with Crippen LogP contribution in [0.5, 0.6) is 0 Å². The molecule has 0 unspecified atom stereocenters. The predicted molar refractivity (Wildman–Crippen MR) is 99.8 cm³/mol. The zero-order valence-electron chi connectivity index (χ0n) is 15.2. The molecule has 1 aliphatic carbocycles. The van der Waals surface area contributed by atoms with Crippen molar-refractivity contribution in [1.82, 2.24) is 10.3 Å². The maximum Gasteiger partial charge on any atom is 0.266 e. The van der Waals surface area contributed by atoms with Crippen LogP contribution in [0.4, 0.5) is 0 Å². The fraction of sp³-hybridized carbons (Fsp3) is 0.381. The first-order valence-electron chi connectivity index (χ1n) is 9.01. The lowest BCUT2D eigenvalue weighted by Gasteiger charge is -2.26. The molecule has 5 heteroatoms. The fourth-order valence-electron chi connectivity index (χ4n) is 3.83. The van der Waals surface area contributed by atoms with Gasteiger partial charge in [-0.25, -0.2) is 0 Å². The number of nitrogens with zero attached hydrogens (tertiary/aromatic N) is 1. The number of amides is 1. The van der Waals surface area contributed by atoms with E-state index in [0.29, 0.717) is 18.4 Å². The molecule has 0 radical (unpaired) electrons. The van der Waals surface area contributed by atoms with E-state index in [1.54, 1.807) is 13.8 Å². The van der Waals surface area contributed by atoms with Crippen LogP contribution in [0.1, 0.15) is 58.8 Å². The molecule has 3 rings (SSSR count). The van der Waals surface area contributed by atoms with Crippen molar-refractivity contribution in [3.05, 3.63) is 68.1 Å². The number of nitriles is 1. The van der Waals surface area contributed by atoms with Gasteiger partial charge in [-0.15, -0.1) is 0 Å². The van der Waals surface area contributed by atoms with Gasteiger partial charge in [-0.3, -0.25) is 9.59 Å². The zero-order chi connectivity index (χ0) is 18.7. The molecule has 5 nitrogen and oxygen atoms in total. The van der Waals surface area contributed by atoms with Crippen molar-refractivity contribution in [3.8, 4) is 6.07 Å². The monoisotopic (exact) mass is 349 g/mol. The Labute approximate surface area is 153 Å². The van der Waals surface area contributed by atoms with E-state index in [-0.39, 0.29) is 23.1 Å². The summed E-state index contributed by atoms with van der Waals surface area (Å²) in [5.74, 6) is -0.00443. The van der Waals surface area contributed by atoms with Crippen LogP contribution in [0.3, 0.4) is 0 Å². The average Bonchev–Trinajstić information content (AvgIpc) is 2.62. The smallest absolute Gasteiger partial charge is 0.266 e. The van der Waals surface area contributed by atoms with Crippen LogP contribution < -0.4 is 10.9 Å². The fourth-order valence-corrected chi connectivity index (χ4v) is 3.83. The molecule has 0 spiro atoms. The summed E-state index contributed by atoms with van der Waals surface area (Å²) in [6.45, 7) is 3.57. The molecule has 0 fully saturated rings. The Morgan fingerprint density at radius 3 is 2.88 bits per heavy atom. The van der Waals surface area contributed by atoms with Gasteiger partial charge in [0.15, 0.2) is 0 Å². The average molecular weight is 349 g/mol. The lowest BCUT2D eigenvalue weighted by Crippen LogP contribution is -2.31. The number of aromatic nitrogens is 1. The molecule has 1 aromatic carbocycles. The number of carbonyl (C=O) groups excluding carboxylic acids is 1. The van der Waals surface area contributed by atoms with Gasteiger partial charge in [-0.1, -0.05) is 24.3 Å². The van der Waals surface area contributed by atoms with Crippen molar-refractivity contribution >= 4 is 5.91 Å². The van der Waals surface area contributed by atoms with Gasteiger partial charge < -0.3 is 10.3 Å². The van der Waals surface area contributed by atoms with Crippen LogP contribution >= 0.6 is 0 Å². The Morgan fingerprint density at radius 2 is 2.12 bits per heavy atom. The maximum atomic E-state index is 12.5. The van der Waals surface area contributed by atoms with Gasteiger partial charge in [-0.2, -0.15) is 5.26 Å². The first-order valence-corrected chi connectivity index (χ1v) is 9.01. The Morgan fingerprint density at radius 1 is 1.35 bits per heavy atom. The first kappa shape index (κ1) is 17.9. The van der Waals surface area contributed by atoms with Crippen molar-refractivity contribution in [1.29, 1.82) is 5.26 Å². The van der Waals surface area contributed by atoms with Gasteiger partial charge in [0.1, 0.15) is 11.6 Å². The van der Waals surface area contributed by atoms with E-state index in [1.807, 2.05) is 18.2 Å². The quantitative estimate of drug-likeness (QED) is 0.890. The Hall–Kier alpha value is -2.87. The van der Waals surface area contributed by atoms with Crippen molar-refractivity contribution < 1.29 is 4.79 Å². The second-order valence-corrected chi connectivity index (χ2v) is 6.88. The molecule has 0 saturated carbocycles. The summed E-state index contributed by atoms with van der Waals surface area (Å²) < 4.78 is 0. The molecule has 2 N–H and O–H groups in total. The van der Waals surface area contributed by atoms with E-state index in [9.17, 15) is 9.59 Å². The summed E-state index contributed by atoms with van der Waals surface area (Å²) in [4.78, 5) is 27.0. The topological polar surface area (TPSA) is 85.8 Å². The Bertz CT molecular complexity index is 937. The van der Waals surface area contributed by atoms with E-state index >= 15 is 0 Å². The summed E-state index contributed by atoms with van der Waals surface area (Å²) in [6, 6.07) is 10.3. The summed E-state index contributed by atoms with van der Waals surface area (Å²) in [7, 11) is 0. The lowest BCUT2D eigenvalue weighted by molar-refractivity contribution is -0.121. The minimum atomic E-state index is -0.366. The normalized spacial score (nSPS) is 15.8. The second kappa shape index (κ2) is 7.57. The molecule has 1 aliphatic rings. The second-order valence-electron chi connectivity index (χ2n) is 6.88. The first-order chi connectivity index (χ1) is 12.5. The molecule has 134 valence electrons. The number of hydrogen-bond acceptors (Lipinski definition) is 3. The third-order valence-electron chi connectivity index (χ3n) is 5.23. The zero-order valence-corrected chi connectivity index (χ0v) is 15.2. The van der Waals surface area contributed by atoms with Crippen molar-refractivity contribution in [2.75, 3.05) is 0 Å². The molecule has 1 aromatic heterocycles. The third kappa shape index (κ3) is 3.55. The van der Waals surface area contributed by atoms with Crippen LogP contribution in [0, 0.1) is 25.2 Å². The number of aromatic amines is 1.